The summed E-state index contributed by atoms with van der Waals surface area (Å²) < 4.78 is 0. The molecule has 0 fully saturated rings. The van der Waals surface area contributed by atoms with Crippen molar-refractivity contribution < 1.29 is 5.11 Å². The van der Waals surface area contributed by atoms with Crippen molar-refractivity contribution in [2.24, 2.45) is 0 Å². The fraction of sp³-hybridized carbons (Fsp3) is 0.222. The van der Waals surface area contributed by atoms with Crippen molar-refractivity contribution in [3.63, 3.8) is 0 Å². The number of aromatic nitrogens is 3. The van der Waals surface area contributed by atoms with Crippen LogP contribution >= 0.6 is 11.6 Å². The zero-order chi connectivity index (χ0) is 16.8. The zero-order valence-corrected chi connectivity index (χ0v) is 13.9. The summed E-state index contributed by atoms with van der Waals surface area (Å²) in [5, 5.41) is 22.1. The Balaban J connectivity index is 1.86. The van der Waals surface area contributed by atoms with Gasteiger partial charge in [-0.25, -0.2) is 0 Å². The standard InChI is InChI=1S/C18H19ClN4O/c19-16-8-6-14(7-9-16)13-23-21-17(12-20-10-11-24)18(22-23)15-4-2-1-3-5-15/h1-9,20,24H,10-13H2. The van der Waals surface area contributed by atoms with Crippen LogP contribution in [0.4, 0.5) is 0 Å². The average molecular weight is 343 g/mol. The third-order valence-electron chi connectivity index (χ3n) is 3.59. The van der Waals surface area contributed by atoms with Crippen molar-refractivity contribution in [1.29, 1.82) is 0 Å². The van der Waals surface area contributed by atoms with Crippen LogP contribution in [0, 0.1) is 0 Å². The number of aliphatic hydroxyl groups excluding tert-OH is 1. The number of rotatable bonds is 7. The lowest BCUT2D eigenvalue weighted by molar-refractivity contribution is 0.291. The summed E-state index contributed by atoms with van der Waals surface area (Å²) in [4.78, 5) is 1.70. The first-order chi connectivity index (χ1) is 11.8. The first kappa shape index (κ1) is 16.6. The van der Waals surface area contributed by atoms with Crippen LogP contribution in [0.15, 0.2) is 54.6 Å². The van der Waals surface area contributed by atoms with Crippen LogP contribution < -0.4 is 5.32 Å². The van der Waals surface area contributed by atoms with Crippen LogP contribution in [-0.2, 0) is 13.1 Å². The molecule has 5 nitrogen and oxygen atoms in total. The Morgan fingerprint density at radius 1 is 1.00 bits per heavy atom. The second-order valence-electron chi connectivity index (χ2n) is 5.42. The highest BCUT2D eigenvalue weighted by atomic mass is 35.5. The molecular weight excluding hydrogens is 324 g/mol. The van der Waals surface area contributed by atoms with Crippen LogP contribution in [-0.4, -0.2) is 33.3 Å². The van der Waals surface area contributed by atoms with Crippen molar-refractivity contribution in [3.05, 3.63) is 70.9 Å². The van der Waals surface area contributed by atoms with Crippen molar-refractivity contribution in [3.8, 4) is 11.3 Å². The van der Waals surface area contributed by atoms with Gasteiger partial charge in [0.15, 0.2) is 0 Å². The number of nitrogens with zero attached hydrogens (tertiary/aromatic N) is 3. The van der Waals surface area contributed by atoms with Gasteiger partial charge in [-0.05, 0) is 17.7 Å². The predicted molar refractivity (Wildman–Crippen MR) is 94.8 cm³/mol. The van der Waals surface area contributed by atoms with Gasteiger partial charge in [0, 0.05) is 23.7 Å². The van der Waals surface area contributed by atoms with E-state index in [0.717, 1.165) is 22.5 Å². The highest BCUT2D eigenvalue weighted by Gasteiger charge is 2.13. The van der Waals surface area contributed by atoms with Gasteiger partial charge in [-0.2, -0.15) is 15.0 Å². The molecule has 0 aliphatic carbocycles. The topological polar surface area (TPSA) is 63.0 Å². The zero-order valence-electron chi connectivity index (χ0n) is 13.2. The van der Waals surface area contributed by atoms with Crippen LogP contribution in [0.1, 0.15) is 11.3 Å². The van der Waals surface area contributed by atoms with E-state index in [1.54, 1.807) is 4.80 Å². The number of aliphatic hydroxyl groups is 1. The van der Waals surface area contributed by atoms with Crippen molar-refractivity contribution >= 4 is 11.6 Å². The summed E-state index contributed by atoms with van der Waals surface area (Å²) in [6.45, 7) is 1.76. The Kier molecular flexibility index (Phi) is 5.59. The van der Waals surface area contributed by atoms with Crippen LogP contribution in [0.25, 0.3) is 11.3 Å². The monoisotopic (exact) mass is 342 g/mol. The Morgan fingerprint density at radius 3 is 2.46 bits per heavy atom. The van der Waals surface area contributed by atoms with E-state index in [0.29, 0.717) is 24.7 Å². The molecule has 0 atom stereocenters. The average Bonchev–Trinajstić information content (AvgIpc) is 3.01. The van der Waals surface area contributed by atoms with E-state index in [1.807, 2.05) is 54.6 Å². The summed E-state index contributed by atoms with van der Waals surface area (Å²) in [7, 11) is 0. The number of nitrogens with one attached hydrogen (secondary N) is 1. The summed E-state index contributed by atoms with van der Waals surface area (Å²) >= 11 is 5.93. The molecule has 0 radical (unpaired) electrons. The molecule has 1 aromatic heterocycles. The highest BCUT2D eigenvalue weighted by molar-refractivity contribution is 6.30. The van der Waals surface area contributed by atoms with Gasteiger partial charge in [0.05, 0.1) is 13.2 Å². The van der Waals surface area contributed by atoms with Crippen LogP contribution in [0.5, 0.6) is 0 Å². The molecule has 2 N–H and O–H groups in total. The lowest BCUT2D eigenvalue weighted by Gasteiger charge is -2.01. The first-order valence-electron chi connectivity index (χ1n) is 7.81. The molecular formula is C18H19ClN4O. The van der Waals surface area contributed by atoms with E-state index in [-0.39, 0.29) is 6.61 Å². The van der Waals surface area contributed by atoms with Crippen LogP contribution in [0.2, 0.25) is 5.02 Å². The van der Waals surface area contributed by atoms with Gasteiger partial charge in [-0.3, -0.25) is 0 Å². The molecule has 0 aliphatic rings. The molecule has 3 rings (SSSR count). The second kappa shape index (κ2) is 8.06. The molecule has 3 aromatic rings. The lowest BCUT2D eigenvalue weighted by atomic mass is 10.1. The molecule has 1 heterocycles. The van der Waals surface area contributed by atoms with E-state index < -0.39 is 0 Å². The maximum Gasteiger partial charge on any atom is 0.117 e. The summed E-state index contributed by atoms with van der Waals surface area (Å²) in [6.07, 6.45) is 0. The Morgan fingerprint density at radius 2 is 1.75 bits per heavy atom. The molecule has 2 aromatic carbocycles. The van der Waals surface area contributed by atoms with Gasteiger partial charge in [0.25, 0.3) is 0 Å². The third kappa shape index (κ3) is 4.20. The minimum atomic E-state index is 0.0968. The van der Waals surface area contributed by atoms with Crippen LogP contribution in [0.3, 0.4) is 0 Å². The maximum atomic E-state index is 8.94. The molecule has 24 heavy (non-hydrogen) atoms. The number of hydrogen-bond donors (Lipinski definition) is 2. The summed E-state index contributed by atoms with van der Waals surface area (Å²) in [5.74, 6) is 0. The largest absolute Gasteiger partial charge is 0.395 e. The molecule has 6 heteroatoms. The molecule has 0 saturated carbocycles. The van der Waals surface area contributed by atoms with Gasteiger partial charge in [-0.15, -0.1) is 0 Å². The SMILES string of the molecule is OCCNCc1nn(Cc2ccc(Cl)cc2)nc1-c1ccccc1. The Hall–Kier alpha value is -2.21. The fourth-order valence-electron chi connectivity index (χ4n) is 2.43. The van der Waals surface area contributed by atoms with Gasteiger partial charge in [0.2, 0.25) is 0 Å². The maximum absolute atomic E-state index is 8.94. The smallest absolute Gasteiger partial charge is 0.117 e. The van der Waals surface area contributed by atoms with E-state index in [2.05, 4.69) is 15.5 Å². The molecule has 124 valence electrons. The van der Waals surface area contributed by atoms with Crippen molar-refractivity contribution in [1.82, 2.24) is 20.3 Å². The van der Waals surface area contributed by atoms with Crippen molar-refractivity contribution in [2.45, 2.75) is 13.1 Å². The minimum Gasteiger partial charge on any atom is -0.395 e. The van der Waals surface area contributed by atoms with Crippen molar-refractivity contribution in [2.75, 3.05) is 13.2 Å². The minimum absolute atomic E-state index is 0.0968. The third-order valence-corrected chi connectivity index (χ3v) is 3.84. The van der Waals surface area contributed by atoms with E-state index in [1.165, 1.54) is 0 Å². The molecule has 0 unspecified atom stereocenters. The molecule has 0 saturated heterocycles. The molecule has 0 amide bonds. The highest BCUT2D eigenvalue weighted by Crippen LogP contribution is 2.20. The Bertz CT molecular complexity index is 771. The van der Waals surface area contributed by atoms with Gasteiger partial charge < -0.3 is 10.4 Å². The van der Waals surface area contributed by atoms with Gasteiger partial charge in [0.1, 0.15) is 11.4 Å². The van der Waals surface area contributed by atoms with Gasteiger partial charge >= 0.3 is 0 Å². The lowest BCUT2D eigenvalue weighted by Crippen LogP contribution is -2.18. The Labute approximate surface area is 145 Å². The molecule has 0 spiro atoms. The van der Waals surface area contributed by atoms with Gasteiger partial charge in [-0.1, -0.05) is 54.1 Å². The second-order valence-corrected chi connectivity index (χ2v) is 5.86. The normalized spacial score (nSPS) is 10.9. The first-order valence-corrected chi connectivity index (χ1v) is 8.19. The quantitative estimate of drug-likeness (QED) is 0.648. The van der Waals surface area contributed by atoms with E-state index >= 15 is 0 Å². The van der Waals surface area contributed by atoms with E-state index in [4.69, 9.17) is 16.7 Å². The summed E-state index contributed by atoms with van der Waals surface area (Å²) in [5.41, 5.74) is 3.84. The fourth-order valence-corrected chi connectivity index (χ4v) is 2.56. The number of hydrogen-bond acceptors (Lipinski definition) is 4. The summed E-state index contributed by atoms with van der Waals surface area (Å²) in [6, 6.07) is 17.7. The molecule has 0 bridgehead atoms. The molecule has 0 aliphatic heterocycles. The predicted octanol–water partition coefficient (Wildman–Crippen LogP) is 2.73. The van der Waals surface area contributed by atoms with E-state index in [9.17, 15) is 0 Å². The number of benzene rings is 2. The number of halogens is 1.